The summed E-state index contributed by atoms with van der Waals surface area (Å²) in [4.78, 5) is 0. The molecule has 0 aliphatic rings. The van der Waals surface area contributed by atoms with E-state index < -0.39 is 0 Å². The molecule has 0 atom stereocenters. The van der Waals surface area contributed by atoms with Crippen molar-refractivity contribution in [1.29, 1.82) is 0 Å². The van der Waals surface area contributed by atoms with Gasteiger partial charge in [0.05, 0.1) is 0 Å². The van der Waals surface area contributed by atoms with Crippen molar-refractivity contribution < 1.29 is 4.74 Å². The van der Waals surface area contributed by atoms with Crippen molar-refractivity contribution in [3.63, 3.8) is 0 Å². The van der Waals surface area contributed by atoms with E-state index in [1.165, 1.54) is 6.61 Å². The maximum atomic E-state index is 4.69. The van der Waals surface area contributed by atoms with E-state index in [4.69, 9.17) is 0 Å². The van der Waals surface area contributed by atoms with Gasteiger partial charge < -0.3 is 10.1 Å². The second-order valence-corrected chi connectivity index (χ2v) is 1.26. The number of ether oxygens (including phenoxy) is 1. The number of hydrogen-bond acceptors (Lipinski definition) is 2. The van der Waals surface area contributed by atoms with Gasteiger partial charge in [-0.3, -0.25) is 0 Å². The zero-order valence-electron chi connectivity index (χ0n) is 4.39. The lowest BCUT2D eigenvalue weighted by Gasteiger charge is -1.99. The largest absolute Gasteiger partial charge is 0.464 e. The van der Waals surface area contributed by atoms with Crippen LogP contribution in [-0.2, 0) is 4.74 Å². The summed E-state index contributed by atoms with van der Waals surface area (Å²) in [6.45, 7) is 3.29. The maximum Gasteiger partial charge on any atom is 0.256 e. The van der Waals surface area contributed by atoms with Gasteiger partial charge in [-0.15, -0.1) is 0 Å². The molecule has 0 aliphatic heterocycles. The lowest BCUT2D eigenvalue weighted by molar-refractivity contribution is 0.400. The molecule has 0 aliphatic carbocycles. The molecule has 0 saturated heterocycles. The summed E-state index contributed by atoms with van der Waals surface area (Å²) >= 11 is 4.59. The topological polar surface area (TPSA) is 21.3 Å². The summed E-state index contributed by atoms with van der Waals surface area (Å²) in [6.07, 6.45) is 0. The van der Waals surface area contributed by atoms with Gasteiger partial charge in [-0.05, 0) is 19.1 Å². The fraction of sp³-hybridized carbons (Fsp3) is 0.500. The van der Waals surface area contributed by atoms with Gasteiger partial charge in [0.25, 0.3) is 5.17 Å². The van der Waals surface area contributed by atoms with Crippen LogP contribution in [0.1, 0.15) is 6.92 Å². The Kier molecular flexibility index (Phi) is 3.69. The fourth-order valence-corrected chi connectivity index (χ4v) is 0.262. The Bertz CT molecular complexity index is 64.7. The molecule has 0 aromatic rings. The fourth-order valence-electron chi connectivity index (χ4n) is 0.166. The van der Waals surface area contributed by atoms with E-state index in [1.54, 1.807) is 14.0 Å². The van der Waals surface area contributed by atoms with Crippen molar-refractivity contribution in [3.8, 4) is 0 Å². The van der Waals surface area contributed by atoms with E-state index in [0.717, 1.165) is 0 Å². The molecule has 3 heteroatoms. The normalized spacial score (nSPS) is 7.71. The molecule has 0 aromatic heterocycles. The summed E-state index contributed by atoms with van der Waals surface area (Å²) < 4.78 is 4.69. The number of rotatable bonds is 1. The van der Waals surface area contributed by atoms with Crippen LogP contribution in [0.15, 0.2) is 0 Å². The molecule has 41 valence electrons. The van der Waals surface area contributed by atoms with E-state index in [2.05, 4.69) is 22.3 Å². The molecule has 0 saturated carbocycles. The van der Waals surface area contributed by atoms with E-state index in [0.29, 0.717) is 5.17 Å². The van der Waals surface area contributed by atoms with Crippen LogP contribution in [0, 0.1) is 6.61 Å². The van der Waals surface area contributed by atoms with Gasteiger partial charge in [0.2, 0.25) is 0 Å². The highest BCUT2D eigenvalue weighted by molar-refractivity contribution is 7.80. The molecule has 0 fully saturated rings. The third-order valence-electron chi connectivity index (χ3n) is 0.429. The molecule has 1 N–H and O–H groups in total. The molecule has 0 unspecified atom stereocenters. The van der Waals surface area contributed by atoms with Gasteiger partial charge >= 0.3 is 0 Å². The monoisotopic (exact) mass is 118 g/mol. The Morgan fingerprint density at radius 2 is 2.43 bits per heavy atom. The van der Waals surface area contributed by atoms with Crippen LogP contribution in [-0.4, -0.2) is 12.2 Å². The second-order valence-electron chi connectivity index (χ2n) is 0.891. The predicted molar refractivity (Wildman–Crippen MR) is 32.7 cm³/mol. The first kappa shape index (κ1) is 6.69. The average molecular weight is 118 g/mol. The molecule has 0 heterocycles. The minimum Gasteiger partial charge on any atom is -0.464 e. The SMILES string of the molecule is C[CH]OC(=S)NC. The quantitative estimate of drug-likeness (QED) is 0.512. The van der Waals surface area contributed by atoms with Gasteiger partial charge in [0.1, 0.15) is 6.61 Å². The Morgan fingerprint density at radius 3 is 2.57 bits per heavy atom. The Morgan fingerprint density at radius 1 is 1.86 bits per heavy atom. The molecule has 0 rings (SSSR count). The third kappa shape index (κ3) is 3.52. The highest BCUT2D eigenvalue weighted by Crippen LogP contribution is 1.77. The van der Waals surface area contributed by atoms with Gasteiger partial charge in [-0.2, -0.15) is 0 Å². The van der Waals surface area contributed by atoms with Gasteiger partial charge in [0, 0.05) is 7.05 Å². The van der Waals surface area contributed by atoms with Gasteiger partial charge in [-0.1, -0.05) is 0 Å². The first-order chi connectivity index (χ1) is 3.31. The highest BCUT2D eigenvalue weighted by atomic mass is 32.1. The smallest absolute Gasteiger partial charge is 0.256 e. The molecule has 2 nitrogen and oxygen atoms in total. The van der Waals surface area contributed by atoms with Crippen LogP contribution < -0.4 is 5.32 Å². The first-order valence-electron chi connectivity index (χ1n) is 1.97. The maximum absolute atomic E-state index is 4.69. The Balaban J connectivity index is 3.00. The first-order valence-corrected chi connectivity index (χ1v) is 2.38. The molecular formula is C4H8NOS. The van der Waals surface area contributed by atoms with Crippen molar-refractivity contribution in [3.05, 3.63) is 6.61 Å². The highest BCUT2D eigenvalue weighted by Gasteiger charge is 1.84. The predicted octanol–water partition coefficient (Wildman–Crippen LogP) is 0.689. The lowest BCUT2D eigenvalue weighted by Crippen LogP contribution is -2.16. The standard InChI is InChI=1S/C4H8NOS/c1-3-6-4(7)5-2/h3H,1-2H3,(H,5,7). The molecule has 1 radical (unpaired) electrons. The molecule has 0 bridgehead atoms. The molecule has 0 amide bonds. The Hall–Kier alpha value is -0.310. The van der Waals surface area contributed by atoms with Crippen LogP contribution in [0.4, 0.5) is 0 Å². The van der Waals surface area contributed by atoms with Crippen LogP contribution in [0.3, 0.4) is 0 Å². The molecule has 0 aromatic carbocycles. The van der Waals surface area contributed by atoms with E-state index in [-0.39, 0.29) is 0 Å². The average Bonchev–Trinajstić information content (AvgIpc) is 1.68. The third-order valence-corrected chi connectivity index (χ3v) is 0.729. The van der Waals surface area contributed by atoms with Crippen LogP contribution in [0.5, 0.6) is 0 Å². The molecule has 7 heavy (non-hydrogen) atoms. The van der Waals surface area contributed by atoms with Crippen molar-refractivity contribution in [2.75, 3.05) is 7.05 Å². The zero-order valence-corrected chi connectivity index (χ0v) is 5.21. The second kappa shape index (κ2) is 3.87. The summed E-state index contributed by atoms with van der Waals surface area (Å²) in [5, 5.41) is 3.05. The number of hydrogen-bond donors (Lipinski definition) is 1. The lowest BCUT2D eigenvalue weighted by atomic mass is 10.9. The number of thiocarbonyl (C=S) groups is 1. The van der Waals surface area contributed by atoms with Gasteiger partial charge in [-0.25, -0.2) is 0 Å². The van der Waals surface area contributed by atoms with Crippen LogP contribution >= 0.6 is 12.2 Å². The Labute approximate surface area is 48.9 Å². The van der Waals surface area contributed by atoms with E-state index in [1.807, 2.05) is 0 Å². The van der Waals surface area contributed by atoms with Gasteiger partial charge in [0.15, 0.2) is 0 Å². The van der Waals surface area contributed by atoms with Crippen LogP contribution in [0.25, 0.3) is 0 Å². The molecular weight excluding hydrogens is 110 g/mol. The summed E-state index contributed by atoms with van der Waals surface area (Å²) in [6, 6.07) is 0. The minimum atomic E-state index is 0.405. The van der Waals surface area contributed by atoms with Crippen molar-refractivity contribution in [1.82, 2.24) is 5.32 Å². The zero-order chi connectivity index (χ0) is 5.70. The van der Waals surface area contributed by atoms with Crippen LogP contribution in [0.2, 0.25) is 0 Å². The number of nitrogens with one attached hydrogen (secondary N) is 1. The van der Waals surface area contributed by atoms with E-state index in [9.17, 15) is 0 Å². The summed E-state index contributed by atoms with van der Waals surface area (Å²) in [7, 11) is 1.71. The summed E-state index contributed by atoms with van der Waals surface area (Å²) in [5.41, 5.74) is 0. The van der Waals surface area contributed by atoms with Crippen molar-refractivity contribution in [2.45, 2.75) is 6.92 Å². The van der Waals surface area contributed by atoms with E-state index >= 15 is 0 Å². The summed E-state index contributed by atoms with van der Waals surface area (Å²) in [5.74, 6) is 0. The molecule has 0 spiro atoms. The van der Waals surface area contributed by atoms with Crippen molar-refractivity contribution >= 4 is 17.4 Å². The minimum absolute atomic E-state index is 0.405. The van der Waals surface area contributed by atoms with Crippen molar-refractivity contribution in [2.24, 2.45) is 0 Å².